The molecule has 1 amide bonds. The summed E-state index contributed by atoms with van der Waals surface area (Å²) in [7, 11) is -7.01. The van der Waals surface area contributed by atoms with Crippen LogP contribution in [0.3, 0.4) is 0 Å². The first-order valence-electron chi connectivity index (χ1n) is 10.7. The van der Waals surface area contributed by atoms with Crippen molar-refractivity contribution in [3.8, 4) is 0 Å². The lowest BCUT2D eigenvalue weighted by Crippen LogP contribution is -2.41. The van der Waals surface area contributed by atoms with Gasteiger partial charge in [-0.3, -0.25) is 4.79 Å². The lowest BCUT2D eigenvalue weighted by molar-refractivity contribution is 0.0729. The summed E-state index contributed by atoms with van der Waals surface area (Å²) in [5.41, 5.74) is 1.41. The Morgan fingerprint density at radius 2 is 1.52 bits per heavy atom. The van der Waals surface area contributed by atoms with Crippen molar-refractivity contribution < 1.29 is 26.4 Å². The lowest BCUT2D eigenvalue weighted by atomic mass is 10.1. The fraction of sp³-hybridized carbons (Fsp3) is 0.409. The first-order chi connectivity index (χ1) is 15.7. The van der Waals surface area contributed by atoms with E-state index < -0.39 is 20.0 Å². The number of hydrogen-bond acceptors (Lipinski definition) is 6. The number of carbonyl (C=O) groups is 1. The maximum atomic E-state index is 12.6. The van der Waals surface area contributed by atoms with Crippen LogP contribution in [0, 0.1) is 0 Å². The van der Waals surface area contributed by atoms with Crippen molar-refractivity contribution >= 4 is 31.6 Å². The van der Waals surface area contributed by atoms with Gasteiger partial charge in [0.2, 0.25) is 20.0 Å². The molecule has 1 N–H and O–H groups in total. The molecule has 0 spiro atoms. The molecule has 3 rings (SSSR count). The first kappa shape index (κ1) is 25.3. The molecule has 33 heavy (non-hydrogen) atoms. The van der Waals surface area contributed by atoms with Crippen LogP contribution in [0.25, 0.3) is 0 Å². The third-order valence-electron chi connectivity index (χ3n) is 5.38. The maximum Gasteiger partial charge on any atom is 0.255 e. The summed E-state index contributed by atoms with van der Waals surface area (Å²) >= 11 is 0. The second kappa shape index (κ2) is 10.7. The molecule has 0 unspecified atom stereocenters. The summed E-state index contributed by atoms with van der Waals surface area (Å²) in [6, 6.07) is 12.4. The Labute approximate surface area is 195 Å². The van der Waals surface area contributed by atoms with E-state index in [0.29, 0.717) is 56.2 Å². The molecule has 2 aromatic rings. The zero-order valence-electron chi connectivity index (χ0n) is 18.7. The van der Waals surface area contributed by atoms with Gasteiger partial charge in [0, 0.05) is 37.4 Å². The van der Waals surface area contributed by atoms with Gasteiger partial charge in [0.05, 0.1) is 23.9 Å². The molecule has 1 aliphatic rings. The number of morpholine rings is 1. The molecule has 0 aliphatic carbocycles. The number of hydrogen-bond donors (Lipinski definition) is 1. The van der Waals surface area contributed by atoms with Crippen LogP contribution < -0.4 is 5.32 Å². The number of nitrogens with zero attached hydrogens (tertiary/aromatic N) is 2. The second-order valence-electron chi connectivity index (χ2n) is 7.53. The number of anilines is 1. The van der Waals surface area contributed by atoms with Crippen molar-refractivity contribution in [1.29, 1.82) is 0 Å². The van der Waals surface area contributed by atoms with Gasteiger partial charge in [0.1, 0.15) is 0 Å². The SMILES string of the molecule is CCN(CC)S(=O)(=O)c1ccc(NC(=O)c2ccc(CS(=O)(=O)N3CCOCC3)cc2)cc1. The van der Waals surface area contributed by atoms with Gasteiger partial charge >= 0.3 is 0 Å². The van der Waals surface area contributed by atoms with Crippen LogP contribution in [0.1, 0.15) is 29.8 Å². The molecule has 1 aliphatic heterocycles. The Balaban J connectivity index is 1.64. The summed E-state index contributed by atoms with van der Waals surface area (Å²) in [6.45, 7) is 5.77. The zero-order chi connectivity index (χ0) is 24.1. The molecule has 0 saturated carbocycles. The van der Waals surface area contributed by atoms with Crippen LogP contribution >= 0.6 is 0 Å². The van der Waals surface area contributed by atoms with Crippen molar-refractivity contribution in [2.45, 2.75) is 24.5 Å². The van der Waals surface area contributed by atoms with Crippen molar-refractivity contribution in [3.05, 3.63) is 59.7 Å². The summed E-state index contributed by atoms with van der Waals surface area (Å²) in [5, 5.41) is 2.73. The average molecular weight is 496 g/mol. The van der Waals surface area contributed by atoms with Gasteiger partial charge in [-0.15, -0.1) is 0 Å². The summed E-state index contributed by atoms with van der Waals surface area (Å²) in [6.07, 6.45) is 0. The molecule has 0 aromatic heterocycles. The van der Waals surface area contributed by atoms with Gasteiger partial charge in [0.25, 0.3) is 5.91 Å². The third kappa shape index (κ3) is 6.18. The standard InChI is InChI=1S/C22H29N3O6S2/c1-3-24(4-2)33(29,30)21-11-9-20(10-12-21)23-22(26)19-7-5-18(6-8-19)17-32(27,28)25-13-15-31-16-14-25/h5-12H,3-4,13-17H2,1-2H3,(H,23,26). The van der Waals surface area contributed by atoms with Crippen LogP contribution in [-0.4, -0.2) is 70.7 Å². The lowest BCUT2D eigenvalue weighted by Gasteiger charge is -2.26. The van der Waals surface area contributed by atoms with Gasteiger partial charge in [-0.25, -0.2) is 16.8 Å². The van der Waals surface area contributed by atoms with E-state index in [-0.39, 0.29) is 16.6 Å². The molecule has 180 valence electrons. The Morgan fingerprint density at radius 3 is 2.06 bits per heavy atom. The van der Waals surface area contributed by atoms with Crippen LogP contribution in [0.5, 0.6) is 0 Å². The molecule has 9 nitrogen and oxygen atoms in total. The molecule has 0 radical (unpaired) electrons. The highest BCUT2D eigenvalue weighted by atomic mass is 32.2. The van der Waals surface area contributed by atoms with Crippen LogP contribution in [0.4, 0.5) is 5.69 Å². The van der Waals surface area contributed by atoms with E-state index in [1.54, 1.807) is 38.1 Å². The Bertz CT molecular complexity index is 1150. The van der Waals surface area contributed by atoms with Crippen molar-refractivity contribution in [3.63, 3.8) is 0 Å². The van der Waals surface area contributed by atoms with Crippen LogP contribution in [-0.2, 0) is 30.5 Å². The maximum absolute atomic E-state index is 12.6. The minimum absolute atomic E-state index is 0.141. The molecule has 1 fully saturated rings. The van der Waals surface area contributed by atoms with Gasteiger partial charge < -0.3 is 10.1 Å². The number of rotatable bonds is 9. The third-order valence-corrected chi connectivity index (χ3v) is 9.30. The number of sulfonamides is 2. The number of amides is 1. The van der Waals surface area contributed by atoms with Gasteiger partial charge in [-0.2, -0.15) is 8.61 Å². The average Bonchev–Trinajstić information content (AvgIpc) is 2.81. The minimum Gasteiger partial charge on any atom is -0.379 e. The van der Waals surface area contributed by atoms with E-state index in [9.17, 15) is 21.6 Å². The van der Waals surface area contributed by atoms with E-state index in [4.69, 9.17) is 4.74 Å². The molecule has 0 atom stereocenters. The predicted octanol–water partition coefficient (Wildman–Crippen LogP) is 2.13. The Hall–Kier alpha value is -2.31. The smallest absolute Gasteiger partial charge is 0.255 e. The van der Waals surface area contributed by atoms with Crippen LogP contribution in [0.2, 0.25) is 0 Å². The summed E-state index contributed by atoms with van der Waals surface area (Å²) in [5.74, 6) is -0.519. The Morgan fingerprint density at radius 1 is 0.939 bits per heavy atom. The number of nitrogens with one attached hydrogen (secondary N) is 1. The van der Waals surface area contributed by atoms with Crippen molar-refractivity contribution in [1.82, 2.24) is 8.61 Å². The molecular weight excluding hydrogens is 466 g/mol. The second-order valence-corrected chi connectivity index (χ2v) is 11.4. The van der Waals surface area contributed by atoms with Gasteiger partial charge in [0.15, 0.2) is 0 Å². The van der Waals surface area contributed by atoms with Crippen molar-refractivity contribution in [2.24, 2.45) is 0 Å². The highest BCUT2D eigenvalue weighted by Crippen LogP contribution is 2.19. The topological polar surface area (TPSA) is 113 Å². The fourth-order valence-electron chi connectivity index (χ4n) is 3.51. The van der Waals surface area contributed by atoms with Crippen LogP contribution in [0.15, 0.2) is 53.4 Å². The van der Waals surface area contributed by atoms with Crippen molar-refractivity contribution in [2.75, 3.05) is 44.7 Å². The molecule has 1 saturated heterocycles. The molecule has 0 bridgehead atoms. The minimum atomic E-state index is -3.57. The van der Waals surface area contributed by atoms with Gasteiger partial charge in [-0.05, 0) is 42.0 Å². The number of ether oxygens (including phenoxy) is 1. The van der Waals surface area contributed by atoms with E-state index in [1.165, 1.54) is 32.9 Å². The van der Waals surface area contributed by atoms with E-state index >= 15 is 0 Å². The molecule has 11 heteroatoms. The number of benzene rings is 2. The van der Waals surface area contributed by atoms with Gasteiger partial charge in [-0.1, -0.05) is 26.0 Å². The van der Waals surface area contributed by atoms with E-state index in [2.05, 4.69) is 5.32 Å². The normalized spacial score (nSPS) is 15.5. The zero-order valence-corrected chi connectivity index (χ0v) is 20.4. The largest absolute Gasteiger partial charge is 0.379 e. The fourth-order valence-corrected chi connectivity index (χ4v) is 6.46. The Kier molecular flexibility index (Phi) is 8.24. The molecule has 2 aromatic carbocycles. The number of carbonyl (C=O) groups excluding carboxylic acids is 1. The monoisotopic (exact) mass is 495 g/mol. The summed E-state index contributed by atoms with van der Waals surface area (Å²) < 4.78 is 58.2. The van der Waals surface area contributed by atoms with E-state index in [0.717, 1.165) is 0 Å². The van der Waals surface area contributed by atoms with E-state index in [1.807, 2.05) is 0 Å². The molecule has 1 heterocycles. The highest BCUT2D eigenvalue weighted by molar-refractivity contribution is 7.89. The summed E-state index contributed by atoms with van der Waals surface area (Å²) in [4.78, 5) is 12.7. The highest BCUT2D eigenvalue weighted by Gasteiger charge is 2.25. The predicted molar refractivity (Wildman–Crippen MR) is 126 cm³/mol. The first-order valence-corrected chi connectivity index (χ1v) is 13.8. The molecular formula is C22H29N3O6S2. The quantitative estimate of drug-likeness (QED) is 0.570.